The molecule has 0 aliphatic rings. The standard InChI is InChI=1S/C13H17BrFN3O2/c1-3-7(2)11(18-13(16)20)12(19)17-10-5-4-8(14)6-9(10)15/h4-7,11H,3H2,1-2H3,(H,17,19)(H3,16,18,20)/t7-,11+/m1/s1. The van der Waals surface area contributed by atoms with E-state index in [4.69, 9.17) is 5.73 Å². The molecule has 0 fully saturated rings. The zero-order valence-electron chi connectivity index (χ0n) is 11.2. The number of hydrogen-bond donors (Lipinski definition) is 3. The van der Waals surface area contributed by atoms with Gasteiger partial charge >= 0.3 is 6.03 Å². The van der Waals surface area contributed by atoms with Crippen molar-refractivity contribution in [1.29, 1.82) is 0 Å². The highest BCUT2D eigenvalue weighted by Crippen LogP contribution is 2.20. The van der Waals surface area contributed by atoms with Crippen molar-refractivity contribution in [2.45, 2.75) is 26.3 Å². The van der Waals surface area contributed by atoms with Gasteiger partial charge in [0.15, 0.2) is 0 Å². The number of benzene rings is 1. The van der Waals surface area contributed by atoms with Crippen molar-refractivity contribution in [3.63, 3.8) is 0 Å². The lowest BCUT2D eigenvalue weighted by Gasteiger charge is -2.22. The molecule has 4 N–H and O–H groups in total. The van der Waals surface area contributed by atoms with Crippen LogP contribution in [-0.2, 0) is 4.79 Å². The molecule has 1 aromatic carbocycles. The van der Waals surface area contributed by atoms with Crippen LogP contribution < -0.4 is 16.4 Å². The van der Waals surface area contributed by atoms with Crippen LogP contribution in [0.25, 0.3) is 0 Å². The van der Waals surface area contributed by atoms with E-state index in [-0.39, 0.29) is 11.6 Å². The average Bonchev–Trinajstić information content (AvgIpc) is 2.38. The Kier molecular flexibility index (Phi) is 5.94. The fraction of sp³-hybridized carbons (Fsp3) is 0.385. The number of nitrogens with two attached hydrogens (primary N) is 1. The molecule has 0 heterocycles. The number of primary amides is 1. The predicted octanol–water partition coefficient (Wildman–Crippen LogP) is 2.61. The minimum Gasteiger partial charge on any atom is -0.352 e. The van der Waals surface area contributed by atoms with Crippen LogP contribution >= 0.6 is 15.9 Å². The van der Waals surface area contributed by atoms with Gasteiger partial charge < -0.3 is 16.4 Å². The summed E-state index contributed by atoms with van der Waals surface area (Å²) in [5.41, 5.74) is 5.11. The first-order valence-electron chi connectivity index (χ1n) is 6.17. The van der Waals surface area contributed by atoms with E-state index in [1.165, 1.54) is 12.1 Å². The molecule has 20 heavy (non-hydrogen) atoms. The van der Waals surface area contributed by atoms with Crippen molar-refractivity contribution >= 4 is 33.6 Å². The summed E-state index contributed by atoms with van der Waals surface area (Å²) >= 11 is 3.13. The van der Waals surface area contributed by atoms with Crippen molar-refractivity contribution in [3.05, 3.63) is 28.5 Å². The number of anilines is 1. The third-order valence-electron chi connectivity index (χ3n) is 2.98. The quantitative estimate of drug-likeness (QED) is 0.766. The minimum atomic E-state index is -0.805. The lowest BCUT2D eigenvalue weighted by molar-refractivity contribution is -0.119. The normalized spacial score (nSPS) is 13.4. The molecule has 5 nitrogen and oxygen atoms in total. The van der Waals surface area contributed by atoms with E-state index in [0.29, 0.717) is 10.9 Å². The molecule has 0 unspecified atom stereocenters. The first-order valence-corrected chi connectivity index (χ1v) is 6.96. The van der Waals surface area contributed by atoms with Gasteiger partial charge in [0, 0.05) is 4.47 Å². The zero-order chi connectivity index (χ0) is 15.3. The van der Waals surface area contributed by atoms with Gasteiger partial charge in [-0.05, 0) is 24.1 Å². The van der Waals surface area contributed by atoms with Crippen molar-refractivity contribution in [2.24, 2.45) is 11.7 Å². The molecule has 0 spiro atoms. The Morgan fingerprint density at radius 3 is 2.60 bits per heavy atom. The Labute approximate surface area is 125 Å². The Bertz CT molecular complexity index is 510. The third kappa shape index (κ3) is 4.48. The summed E-state index contributed by atoms with van der Waals surface area (Å²) in [5, 5.41) is 4.83. The number of nitrogens with one attached hydrogen (secondary N) is 2. The molecule has 2 atom stereocenters. The molecule has 3 amide bonds. The maximum Gasteiger partial charge on any atom is 0.312 e. The molecule has 0 saturated carbocycles. The van der Waals surface area contributed by atoms with Crippen LogP contribution in [0.3, 0.4) is 0 Å². The Hall–Kier alpha value is -1.63. The van der Waals surface area contributed by atoms with Gasteiger partial charge in [0.1, 0.15) is 11.9 Å². The summed E-state index contributed by atoms with van der Waals surface area (Å²) < 4.78 is 14.2. The fourth-order valence-electron chi connectivity index (χ4n) is 1.66. The van der Waals surface area contributed by atoms with Crippen LogP contribution in [-0.4, -0.2) is 18.0 Å². The minimum absolute atomic E-state index is 0.0535. The highest BCUT2D eigenvalue weighted by molar-refractivity contribution is 9.10. The first kappa shape index (κ1) is 16.4. The molecule has 1 rings (SSSR count). The summed E-state index contributed by atoms with van der Waals surface area (Å²) in [7, 11) is 0. The highest BCUT2D eigenvalue weighted by atomic mass is 79.9. The number of amides is 3. The second-order valence-corrected chi connectivity index (χ2v) is 5.40. The topological polar surface area (TPSA) is 84.2 Å². The summed E-state index contributed by atoms with van der Waals surface area (Å²) in [6.45, 7) is 3.69. The molecule has 7 heteroatoms. The monoisotopic (exact) mass is 345 g/mol. The summed E-state index contributed by atoms with van der Waals surface area (Å²) in [6.07, 6.45) is 0.668. The summed E-state index contributed by atoms with van der Waals surface area (Å²) in [5.74, 6) is -1.19. The van der Waals surface area contributed by atoms with E-state index in [9.17, 15) is 14.0 Å². The van der Waals surface area contributed by atoms with Gasteiger partial charge in [-0.2, -0.15) is 0 Å². The third-order valence-corrected chi connectivity index (χ3v) is 3.48. The Morgan fingerprint density at radius 1 is 1.45 bits per heavy atom. The number of carbonyl (C=O) groups is 2. The molecule has 0 aliphatic carbocycles. The number of halogens is 2. The van der Waals surface area contributed by atoms with Crippen molar-refractivity contribution in [2.75, 3.05) is 5.32 Å². The van der Waals surface area contributed by atoms with E-state index in [2.05, 4.69) is 26.6 Å². The molecule has 110 valence electrons. The molecule has 0 aliphatic heterocycles. The summed E-state index contributed by atoms with van der Waals surface area (Å²) in [6, 6.07) is 2.70. The summed E-state index contributed by atoms with van der Waals surface area (Å²) in [4.78, 5) is 23.1. The Balaban J connectivity index is 2.87. The number of hydrogen-bond acceptors (Lipinski definition) is 2. The molecule has 0 saturated heterocycles. The van der Waals surface area contributed by atoms with Gasteiger partial charge in [0.05, 0.1) is 5.69 Å². The van der Waals surface area contributed by atoms with Gasteiger partial charge in [-0.15, -0.1) is 0 Å². The van der Waals surface area contributed by atoms with E-state index >= 15 is 0 Å². The first-order chi connectivity index (χ1) is 9.35. The van der Waals surface area contributed by atoms with Crippen LogP contribution in [0, 0.1) is 11.7 Å². The van der Waals surface area contributed by atoms with Crippen molar-refractivity contribution < 1.29 is 14.0 Å². The van der Waals surface area contributed by atoms with Gasteiger partial charge in [-0.25, -0.2) is 9.18 Å². The van der Waals surface area contributed by atoms with Crippen LogP contribution in [0.4, 0.5) is 14.9 Å². The van der Waals surface area contributed by atoms with Gasteiger partial charge in [-0.3, -0.25) is 4.79 Å². The van der Waals surface area contributed by atoms with E-state index in [1.54, 1.807) is 13.0 Å². The molecular weight excluding hydrogens is 329 g/mol. The molecule has 1 aromatic rings. The SMILES string of the molecule is CC[C@@H](C)[C@H](NC(N)=O)C(=O)Nc1ccc(Br)cc1F. The van der Waals surface area contributed by atoms with Crippen molar-refractivity contribution in [1.82, 2.24) is 5.32 Å². The highest BCUT2D eigenvalue weighted by Gasteiger charge is 2.25. The Morgan fingerprint density at radius 2 is 2.10 bits per heavy atom. The van der Waals surface area contributed by atoms with Crippen LogP contribution in [0.2, 0.25) is 0 Å². The fourth-order valence-corrected chi connectivity index (χ4v) is 1.99. The molecule has 0 aromatic heterocycles. The lowest BCUT2D eigenvalue weighted by Crippen LogP contribution is -2.49. The zero-order valence-corrected chi connectivity index (χ0v) is 12.8. The van der Waals surface area contributed by atoms with E-state index in [0.717, 1.165) is 0 Å². The van der Waals surface area contributed by atoms with Crippen LogP contribution in [0.5, 0.6) is 0 Å². The largest absolute Gasteiger partial charge is 0.352 e. The number of urea groups is 1. The van der Waals surface area contributed by atoms with Crippen molar-refractivity contribution in [3.8, 4) is 0 Å². The molecule has 0 radical (unpaired) electrons. The van der Waals surface area contributed by atoms with Crippen LogP contribution in [0.15, 0.2) is 22.7 Å². The number of carbonyl (C=O) groups excluding carboxylic acids is 2. The maximum atomic E-state index is 13.7. The van der Waals surface area contributed by atoms with Crippen LogP contribution in [0.1, 0.15) is 20.3 Å². The van der Waals surface area contributed by atoms with Gasteiger partial charge in [0.25, 0.3) is 0 Å². The van der Waals surface area contributed by atoms with Gasteiger partial charge in [-0.1, -0.05) is 36.2 Å². The average molecular weight is 346 g/mol. The second kappa shape index (κ2) is 7.23. The molecule has 0 bridgehead atoms. The van der Waals surface area contributed by atoms with Gasteiger partial charge in [0.2, 0.25) is 5.91 Å². The second-order valence-electron chi connectivity index (χ2n) is 4.49. The lowest BCUT2D eigenvalue weighted by atomic mass is 9.98. The number of rotatable bonds is 5. The predicted molar refractivity (Wildman–Crippen MR) is 78.7 cm³/mol. The van der Waals surface area contributed by atoms with E-state index < -0.39 is 23.8 Å². The smallest absolute Gasteiger partial charge is 0.312 e. The molecular formula is C13H17BrFN3O2. The maximum absolute atomic E-state index is 13.7. The van der Waals surface area contributed by atoms with E-state index in [1.807, 2.05) is 6.92 Å².